The largest absolute Gasteiger partial charge is 0.492 e. The summed E-state index contributed by atoms with van der Waals surface area (Å²) in [4.78, 5) is 17.9. The number of nitrogens with one attached hydrogen (secondary N) is 1. The van der Waals surface area contributed by atoms with Crippen molar-refractivity contribution >= 4 is 44.4 Å². The highest BCUT2D eigenvalue weighted by atomic mass is 79.9. The van der Waals surface area contributed by atoms with Crippen LogP contribution in [-0.4, -0.2) is 85.9 Å². The Morgan fingerprint density at radius 1 is 1.10 bits per heavy atom. The number of carbonyl (C=O) groups is 1. The molecule has 12 nitrogen and oxygen atoms in total. The summed E-state index contributed by atoms with van der Waals surface area (Å²) in [5.41, 5.74) is 5.23. The first-order valence-electron chi connectivity index (χ1n) is 16.9. The molecular formula is C38H38BrClN6O6. The number of aliphatic hydroxyl groups excluding tert-OH is 2. The molecule has 1 aliphatic heterocycles. The summed E-state index contributed by atoms with van der Waals surface area (Å²) in [5.74, 6) is 0.0201. The standard InChI is InChI=1S/C38H38BrClN6O6/c39-37-30(5-2-7-35(37)51-11-3-9-45-10-8-28(48)21-45)29-4-1-6-34-31(29)19-44-46(34)20-27-14-36(52-23-25-12-24(15-41)16-42-17-25)26(13-32(27)40)18-43-33(22-47)38(49)50/h1-2,4-7,12-14,16-17,19,28,33,43,47-48H,3,8-11,18,20-23H2,(H,49,50)/t28-,33+/m1/s1. The Morgan fingerprint density at radius 3 is 2.69 bits per heavy atom. The molecule has 0 unspecified atom stereocenters. The summed E-state index contributed by atoms with van der Waals surface area (Å²) in [5, 5.41) is 46.9. The quantitative estimate of drug-likeness (QED) is 0.0949. The van der Waals surface area contributed by atoms with Crippen LogP contribution in [0.3, 0.4) is 0 Å². The normalized spacial score (nSPS) is 15.1. The molecule has 52 heavy (non-hydrogen) atoms. The second kappa shape index (κ2) is 17.3. The predicted molar refractivity (Wildman–Crippen MR) is 199 cm³/mol. The molecule has 0 bridgehead atoms. The number of nitriles is 1. The van der Waals surface area contributed by atoms with Gasteiger partial charge in [-0.2, -0.15) is 10.4 Å². The number of hydrogen-bond donors (Lipinski definition) is 4. The maximum Gasteiger partial charge on any atom is 0.323 e. The van der Waals surface area contributed by atoms with Crippen molar-refractivity contribution in [3.63, 3.8) is 0 Å². The van der Waals surface area contributed by atoms with Gasteiger partial charge in [-0.05, 0) is 70.2 Å². The lowest BCUT2D eigenvalue weighted by atomic mass is 10.0. The van der Waals surface area contributed by atoms with E-state index in [1.807, 2.05) is 47.3 Å². The molecule has 1 aliphatic rings. The van der Waals surface area contributed by atoms with Crippen LogP contribution in [0.4, 0.5) is 0 Å². The average molecular weight is 790 g/mol. The third-order valence-electron chi connectivity index (χ3n) is 8.95. The number of aliphatic hydroxyl groups is 2. The molecule has 2 aromatic heterocycles. The monoisotopic (exact) mass is 788 g/mol. The Morgan fingerprint density at radius 2 is 1.92 bits per heavy atom. The highest BCUT2D eigenvalue weighted by Crippen LogP contribution is 2.39. The van der Waals surface area contributed by atoms with Crippen LogP contribution in [0.25, 0.3) is 22.0 Å². The third-order valence-corrected chi connectivity index (χ3v) is 10.1. The van der Waals surface area contributed by atoms with Gasteiger partial charge in [0.2, 0.25) is 0 Å². The van der Waals surface area contributed by atoms with E-state index in [0.29, 0.717) is 40.6 Å². The zero-order valence-electron chi connectivity index (χ0n) is 28.2. The highest BCUT2D eigenvalue weighted by molar-refractivity contribution is 9.10. The zero-order chi connectivity index (χ0) is 36.6. The van der Waals surface area contributed by atoms with Crippen LogP contribution in [0.1, 0.15) is 35.1 Å². The number of nitrogens with zero attached hydrogens (tertiary/aromatic N) is 5. The number of hydrogen-bond acceptors (Lipinski definition) is 10. The van der Waals surface area contributed by atoms with E-state index in [4.69, 9.17) is 26.2 Å². The lowest BCUT2D eigenvalue weighted by Crippen LogP contribution is -2.39. The molecule has 1 fully saturated rings. The van der Waals surface area contributed by atoms with Gasteiger partial charge in [0.15, 0.2) is 0 Å². The van der Waals surface area contributed by atoms with Crippen molar-refractivity contribution in [1.82, 2.24) is 25.0 Å². The third kappa shape index (κ3) is 8.90. The van der Waals surface area contributed by atoms with Gasteiger partial charge in [0.05, 0.1) is 47.6 Å². The summed E-state index contributed by atoms with van der Waals surface area (Å²) in [7, 11) is 0. The van der Waals surface area contributed by atoms with Gasteiger partial charge in [-0.1, -0.05) is 35.9 Å². The van der Waals surface area contributed by atoms with E-state index in [1.165, 1.54) is 6.20 Å². The van der Waals surface area contributed by atoms with Gasteiger partial charge in [-0.3, -0.25) is 19.8 Å². The Kier molecular flexibility index (Phi) is 12.4. The fourth-order valence-electron chi connectivity index (χ4n) is 6.22. The first kappa shape index (κ1) is 37.2. The van der Waals surface area contributed by atoms with Crippen LogP contribution in [-0.2, 0) is 24.5 Å². The van der Waals surface area contributed by atoms with Crippen LogP contribution < -0.4 is 14.8 Å². The van der Waals surface area contributed by atoms with E-state index in [9.17, 15) is 25.4 Å². The number of carboxylic acids is 1. The first-order valence-corrected chi connectivity index (χ1v) is 18.0. The van der Waals surface area contributed by atoms with Crippen LogP contribution in [0.15, 0.2) is 77.7 Å². The summed E-state index contributed by atoms with van der Waals surface area (Å²) in [6.07, 6.45) is 6.35. The summed E-state index contributed by atoms with van der Waals surface area (Å²) in [6, 6.07) is 18.1. The smallest absolute Gasteiger partial charge is 0.323 e. The van der Waals surface area contributed by atoms with E-state index >= 15 is 0 Å². The number of halogens is 2. The number of ether oxygens (including phenoxy) is 2. The number of likely N-dealkylation sites (tertiary alicyclic amines) is 1. The van der Waals surface area contributed by atoms with E-state index in [1.54, 1.807) is 24.4 Å². The van der Waals surface area contributed by atoms with Crippen molar-refractivity contribution in [3.05, 3.63) is 105 Å². The molecule has 270 valence electrons. The number of pyridine rings is 1. The maximum absolute atomic E-state index is 11.5. The van der Waals surface area contributed by atoms with Crippen molar-refractivity contribution < 1.29 is 29.6 Å². The van der Waals surface area contributed by atoms with Crippen LogP contribution in [0.5, 0.6) is 11.5 Å². The first-order chi connectivity index (χ1) is 25.2. The Labute approximate surface area is 314 Å². The molecule has 0 saturated carbocycles. The van der Waals surface area contributed by atoms with Crippen molar-refractivity contribution in [3.8, 4) is 28.7 Å². The number of aliphatic carboxylic acids is 1. The Hall–Kier alpha value is -4.55. The number of rotatable bonds is 16. The van der Waals surface area contributed by atoms with Crippen molar-refractivity contribution in [2.24, 2.45) is 0 Å². The molecule has 4 N–H and O–H groups in total. The second-order valence-corrected chi connectivity index (χ2v) is 13.8. The Bertz CT molecular complexity index is 2090. The lowest BCUT2D eigenvalue weighted by Gasteiger charge is -2.18. The van der Waals surface area contributed by atoms with Crippen molar-refractivity contribution in [2.45, 2.75) is 44.7 Å². The minimum atomic E-state index is -1.18. The summed E-state index contributed by atoms with van der Waals surface area (Å²) < 4.78 is 15.1. The zero-order valence-corrected chi connectivity index (χ0v) is 30.6. The molecule has 0 aliphatic carbocycles. The van der Waals surface area contributed by atoms with E-state index in [-0.39, 0.29) is 19.3 Å². The molecular weight excluding hydrogens is 752 g/mol. The molecule has 3 heterocycles. The topological polar surface area (TPSA) is 166 Å². The average Bonchev–Trinajstić information content (AvgIpc) is 3.76. The van der Waals surface area contributed by atoms with Gasteiger partial charge in [-0.25, -0.2) is 0 Å². The number of carboxylic acid groups (broad SMARTS) is 1. The molecule has 2 atom stereocenters. The fraction of sp³-hybridized carbons (Fsp3) is 0.316. The number of benzene rings is 3. The van der Waals surface area contributed by atoms with Gasteiger partial charge in [-0.15, -0.1) is 0 Å². The van der Waals surface area contributed by atoms with Crippen LogP contribution in [0.2, 0.25) is 5.02 Å². The molecule has 0 radical (unpaired) electrons. The molecule has 5 aromatic rings. The predicted octanol–water partition coefficient (Wildman–Crippen LogP) is 5.38. The van der Waals surface area contributed by atoms with E-state index in [2.05, 4.69) is 37.2 Å². The number of β-amino-alcohol motifs (C(OH)–C–C–N with tert-alkyl or cyclic N) is 1. The number of aromatic nitrogens is 3. The van der Waals surface area contributed by atoms with E-state index < -0.39 is 18.6 Å². The second-order valence-electron chi connectivity index (χ2n) is 12.6. The van der Waals surface area contributed by atoms with Gasteiger partial charge in [0.1, 0.15) is 30.2 Å². The van der Waals surface area contributed by atoms with Gasteiger partial charge in [0.25, 0.3) is 0 Å². The van der Waals surface area contributed by atoms with Crippen molar-refractivity contribution in [1.29, 1.82) is 5.26 Å². The molecule has 1 saturated heterocycles. The minimum absolute atomic E-state index is 0.0671. The fourth-order valence-corrected chi connectivity index (χ4v) is 7.06. The summed E-state index contributed by atoms with van der Waals surface area (Å²) in [6.45, 7) is 2.98. The number of fused-ring (bicyclic) bond motifs is 1. The van der Waals surface area contributed by atoms with Gasteiger partial charge in [0, 0.05) is 65.7 Å². The van der Waals surface area contributed by atoms with Crippen LogP contribution in [0, 0.1) is 11.3 Å². The molecule has 6 rings (SSSR count). The van der Waals surface area contributed by atoms with Crippen molar-refractivity contribution in [2.75, 3.05) is 32.8 Å². The minimum Gasteiger partial charge on any atom is -0.492 e. The molecule has 14 heteroatoms. The van der Waals surface area contributed by atoms with Gasteiger partial charge >= 0.3 is 5.97 Å². The van der Waals surface area contributed by atoms with E-state index in [0.717, 1.165) is 70.3 Å². The van der Waals surface area contributed by atoms with Gasteiger partial charge < -0.3 is 29.7 Å². The molecule has 3 aromatic carbocycles. The van der Waals surface area contributed by atoms with Crippen LogP contribution >= 0.6 is 27.5 Å². The lowest BCUT2D eigenvalue weighted by molar-refractivity contribution is -0.140. The summed E-state index contributed by atoms with van der Waals surface area (Å²) >= 11 is 10.6. The SMILES string of the molecule is N#Cc1cncc(COc2cc(Cn3ncc4c(-c5cccc(OCCCN6CC[C@@H](O)C6)c5Br)cccc43)c(Cl)cc2CN[C@@H](CO)C(=O)O)c1. The maximum atomic E-state index is 11.5. The highest BCUT2D eigenvalue weighted by Gasteiger charge is 2.21. The molecule has 0 spiro atoms. The Balaban J connectivity index is 1.23. The molecule has 0 amide bonds.